The van der Waals surface area contributed by atoms with Crippen LogP contribution in [0.25, 0.3) is 17.1 Å². The molecule has 0 bridgehead atoms. The number of aromatic nitrogens is 3. The maximum Gasteiger partial charge on any atom is 0.323 e. The maximum absolute atomic E-state index is 12.5. The van der Waals surface area contributed by atoms with E-state index in [1.807, 2.05) is 66.2 Å². The number of hydrogen-bond acceptors (Lipinski definition) is 4. The van der Waals surface area contributed by atoms with Crippen molar-refractivity contribution in [1.82, 2.24) is 14.5 Å². The maximum atomic E-state index is 12.5. The molecule has 0 unspecified atom stereocenters. The first kappa shape index (κ1) is 20.6. The van der Waals surface area contributed by atoms with Crippen molar-refractivity contribution in [1.29, 1.82) is 0 Å². The number of ether oxygens (including phenoxy) is 1. The van der Waals surface area contributed by atoms with Crippen molar-refractivity contribution in [3.63, 3.8) is 0 Å². The van der Waals surface area contributed by atoms with Crippen molar-refractivity contribution < 1.29 is 9.53 Å². The summed E-state index contributed by atoms with van der Waals surface area (Å²) < 4.78 is 8.40. The molecule has 4 rings (SSSR count). The third-order valence-corrected chi connectivity index (χ3v) is 4.97. The largest absolute Gasteiger partial charge is 0.492 e. The van der Waals surface area contributed by atoms with E-state index in [0.29, 0.717) is 23.7 Å². The second-order valence-electron chi connectivity index (χ2n) is 6.56. The van der Waals surface area contributed by atoms with Gasteiger partial charge in [0.05, 0.1) is 12.3 Å². The first-order valence-corrected chi connectivity index (χ1v) is 10.5. The lowest BCUT2D eigenvalue weighted by Crippen LogP contribution is -2.20. The van der Waals surface area contributed by atoms with Gasteiger partial charge in [-0.2, -0.15) is 0 Å². The predicted octanol–water partition coefficient (Wildman–Crippen LogP) is 5.74. The van der Waals surface area contributed by atoms with E-state index in [1.54, 1.807) is 24.7 Å². The minimum absolute atomic E-state index is 0.355. The van der Waals surface area contributed by atoms with Crippen LogP contribution in [0.3, 0.4) is 0 Å². The molecule has 0 aliphatic carbocycles. The molecule has 2 heterocycles. The fraction of sp³-hybridized carbons (Fsp3) is 0.0870. The molecule has 2 aromatic carbocycles. The average molecular weight is 478 g/mol. The van der Waals surface area contributed by atoms with Crippen LogP contribution >= 0.6 is 15.9 Å². The zero-order valence-corrected chi connectivity index (χ0v) is 18.3. The molecule has 31 heavy (non-hydrogen) atoms. The number of pyridine rings is 1. The highest BCUT2D eigenvalue weighted by Gasteiger charge is 2.10. The van der Waals surface area contributed by atoms with Gasteiger partial charge in [-0.1, -0.05) is 15.9 Å². The summed E-state index contributed by atoms with van der Waals surface area (Å²) in [5.41, 5.74) is 3.16. The van der Waals surface area contributed by atoms with Gasteiger partial charge in [0.2, 0.25) is 0 Å². The third-order valence-electron chi connectivity index (χ3n) is 4.47. The van der Waals surface area contributed by atoms with Gasteiger partial charge in [-0.3, -0.25) is 9.55 Å². The highest BCUT2D eigenvalue weighted by Crippen LogP contribution is 2.28. The summed E-state index contributed by atoms with van der Waals surface area (Å²) in [7, 11) is 0. The highest BCUT2D eigenvalue weighted by molar-refractivity contribution is 9.10. The van der Waals surface area contributed by atoms with E-state index in [4.69, 9.17) is 4.74 Å². The minimum atomic E-state index is -0.355. The number of urea groups is 1. The third kappa shape index (κ3) is 4.92. The number of rotatable bonds is 6. The Balaban J connectivity index is 1.47. The van der Waals surface area contributed by atoms with Crippen molar-refractivity contribution >= 4 is 33.3 Å². The first-order chi connectivity index (χ1) is 15.1. The molecule has 0 spiro atoms. The van der Waals surface area contributed by atoms with Crippen LogP contribution in [0.1, 0.15) is 6.92 Å². The number of halogens is 1. The number of nitrogens with zero attached hydrogens (tertiary/aromatic N) is 3. The van der Waals surface area contributed by atoms with E-state index in [-0.39, 0.29) is 6.03 Å². The van der Waals surface area contributed by atoms with Crippen LogP contribution in [-0.2, 0) is 0 Å². The summed E-state index contributed by atoms with van der Waals surface area (Å²) in [4.78, 5) is 21.0. The molecular formula is C23H20BrN5O2. The molecule has 7 nitrogen and oxygen atoms in total. The molecule has 0 radical (unpaired) electrons. The quantitative estimate of drug-likeness (QED) is 0.371. The van der Waals surface area contributed by atoms with Crippen LogP contribution in [-0.4, -0.2) is 27.2 Å². The monoisotopic (exact) mass is 477 g/mol. The summed E-state index contributed by atoms with van der Waals surface area (Å²) in [5.74, 6) is 1.43. The Morgan fingerprint density at radius 2 is 1.81 bits per heavy atom. The average Bonchev–Trinajstić information content (AvgIpc) is 3.27. The van der Waals surface area contributed by atoms with Gasteiger partial charge in [0.1, 0.15) is 11.6 Å². The Kier molecular flexibility index (Phi) is 6.28. The van der Waals surface area contributed by atoms with Gasteiger partial charge in [-0.05, 0) is 61.5 Å². The molecule has 0 atom stereocenters. The van der Waals surface area contributed by atoms with E-state index in [0.717, 1.165) is 21.5 Å². The van der Waals surface area contributed by atoms with E-state index >= 15 is 0 Å². The number of hydrogen-bond donors (Lipinski definition) is 2. The Hall–Kier alpha value is -3.65. The van der Waals surface area contributed by atoms with Crippen molar-refractivity contribution in [3.8, 4) is 22.8 Å². The van der Waals surface area contributed by atoms with Crippen molar-refractivity contribution in [3.05, 3.63) is 83.9 Å². The smallest absolute Gasteiger partial charge is 0.323 e. The number of carbonyl (C=O) groups is 1. The zero-order valence-electron chi connectivity index (χ0n) is 16.7. The van der Waals surface area contributed by atoms with Crippen LogP contribution in [0.5, 0.6) is 5.75 Å². The number of amides is 2. The van der Waals surface area contributed by atoms with E-state index in [2.05, 4.69) is 36.5 Å². The molecule has 2 N–H and O–H groups in total. The van der Waals surface area contributed by atoms with Crippen LogP contribution in [0, 0.1) is 0 Å². The standard InChI is InChI=1S/C23H20BrN5O2/c1-2-31-21-8-3-17(24)15-20(21)28-23(30)27-18-4-6-19(7-5-18)29-14-13-26-22(29)16-9-11-25-12-10-16/h3-15H,2H2,1H3,(H2,27,28,30). The molecule has 156 valence electrons. The summed E-state index contributed by atoms with van der Waals surface area (Å²) in [6.07, 6.45) is 7.13. The predicted molar refractivity (Wildman–Crippen MR) is 125 cm³/mol. The topological polar surface area (TPSA) is 81.1 Å². The lowest BCUT2D eigenvalue weighted by molar-refractivity contribution is 0.262. The number of nitrogens with one attached hydrogen (secondary N) is 2. The minimum Gasteiger partial charge on any atom is -0.492 e. The number of carbonyl (C=O) groups excluding carboxylic acids is 1. The molecule has 2 aromatic heterocycles. The zero-order chi connectivity index (χ0) is 21.6. The second-order valence-corrected chi connectivity index (χ2v) is 7.47. The van der Waals surface area contributed by atoms with Gasteiger partial charge in [0.25, 0.3) is 0 Å². The Bertz CT molecular complexity index is 1180. The molecule has 0 aliphatic rings. The van der Waals surface area contributed by atoms with Crippen molar-refractivity contribution in [2.45, 2.75) is 6.92 Å². The fourth-order valence-corrected chi connectivity index (χ4v) is 3.46. The van der Waals surface area contributed by atoms with Crippen LogP contribution in [0.2, 0.25) is 0 Å². The molecule has 8 heteroatoms. The molecular weight excluding hydrogens is 458 g/mol. The van der Waals surface area contributed by atoms with Crippen molar-refractivity contribution in [2.24, 2.45) is 0 Å². The molecule has 0 aliphatic heterocycles. The molecule has 0 saturated carbocycles. The molecule has 0 saturated heterocycles. The summed E-state index contributed by atoms with van der Waals surface area (Å²) in [6, 6.07) is 16.5. The first-order valence-electron chi connectivity index (χ1n) is 9.68. The Morgan fingerprint density at radius 3 is 2.55 bits per heavy atom. The summed E-state index contributed by atoms with van der Waals surface area (Å²) in [6.45, 7) is 2.41. The second kappa shape index (κ2) is 9.44. The van der Waals surface area contributed by atoms with E-state index in [1.165, 1.54) is 0 Å². The van der Waals surface area contributed by atoms with Gasteiger partial charge >= 0.3 is 6.03 Å². The van der Waals surface area contributed by atoms with Crippen molar-refractivity contribution in [2.75, 3.05) is 17.2 Å². The van der Waals surface area contributed by atoms with Gasteiger partial charge in [-0.15, -0.1) is 0 Å². The summed E-state index contributed by atoms with van der Waals surface area (Å²) >= 11 is 3.42. The number of benzene rings is 2. The van der Waals surface area contributed by atoms with Gasteiger partial charge in [-0.25, -0.2) is 9.78 Å². The van der Waals surface area contributed by atoms with Gasteiger partial charge < -0.3 is 15.4 Å². The Labute approximate surface area is 188 Å². The molecule has 4 aromatic rings. The van der Waals surface area contributed by atoms with Gasteiger partial charge in [0, 0.05) is 46.2 Å². The normalized spacial score (nSPS) is 10.5. The Morgan fingerprint density at radius 1 is 1.03 bits per heavy atom. The molecule has 0 fully saturated rings. The van der Waals surface area contributed by atoms with E-state index in [9.17, 15) is 4.79 Å². The fourth-order valence-electron chi connectivity index (χ4n) is 3.10. The summed E-state index contributed by atoms with van der Waals surface area (Å²) in [5, 5.41) is 5.68. The van der Waals surface area contributed by atoms with Crippen LogP contribution < -0.4 is 15.4 Å². The number of anilines is 2. The lowest BCUT2D eigenvalue weighted by atomic mass is 10.2. The molecule has 2 amide bonds. The van der Waals surface area contributed by atoms with E-state index < -0.39 is 0 Å². The number of imidazole rings is 1. The highest BCUT2D eigenvalue weighted by atomic mass is 79.9. The SMILES string of the molecule is CCOc1ccc(Br)cc1NC(=O)Nc1ccc(-n2ccnc2-c2ccncc2)cc1. The van der Waals surface area contributed by atoms with Crippen LogP contribution in [0.4, 0.5) is 16.2 Å². The lowest BCUT2D eigenvalue weighted by Gasteiger charge is -2.13. The van der Waals surface area contributed by atoms with Crippen LogP contribution in [0.15, 0.2) is 83.9 Å². The van der Waals surface area contributed by atoms with Gasteiger partial charge in [0.15, 0.2) is 0 Å².